The second kappa shape index (κ2) is 1.99. The van der Waals surface area contributed by atoms with Crippen LogP contribution in [0.4, 0.5) is 0 Å². The quantitative estimate of drug-likeness (QED) is 0.475. The number of hydrogen-bond donors (Lipinski definition) is 0. The van der Waals surface area contributed by atoms with Crippen LogP contribution in [0, 0.1) is 0 Å². The molecular formula is C8H10O. The van der Waals surface area contributed by atoms with Gasteiger partial charge in [-0.15, -0.1) is 0 Å². The first kappa shape index (κ1) is 5.24. The van der Waals surface area contributed by atoms with Gasteiger partial charge < -0.3 is 4.74 Å². The van der Waals surface area contributed by atoms with Crippen molar-refractivity contribution in [2.75, 3.05) is 13.2 Å². The van der Waals surface area contributed by atoms with Crippen LogP contribution < -0.4 is 0 Å². The molecule has 1 fully saturated rings. The van der Waals surface area contributed by atoms with Crippen LogP contribution in [0.5, 0.6) is 0 Å². The predicted octanol–water partition coefficient (Wildman–Crippen LogP) is 1.66. The normalized spacial score (nSPS) is 24.9. The van der Waals surface area contributed by atoms with E-state index in [2.05, 4.69) is 12.2 Å². The Kier molecular flexibility index (Phi) is 1.16. The van der Waals surface area contributed by atoms with E-state index in [1.54, 1.807) is 5.57 Å². The minimum Gasteiger partial charge on any atom is -0.373 e. The summed E-state index contributed by atoms with van der Waals surface area (Å²) in [6, 6.07) is 0. The van der Waals surface area contributed by atoms with Gasteiger partial charge in [0.1, 0.15) is 0 Å². The van der Waals surface area contributed by atoms with Crippen molar-refractivity contribution >= 4 is 0 Å². The number of ether oxygens (including phenoxy) is 1. The zero-order chi connectivity index (χ0) is 6.10. The van der Waals surface area contributed by atoms with E-state index in [9.17, 15) is 0 Å². The van der Waals surface area contributed by atoms with Crippen LogP contribution in [-0.2, 0) is 4.74 Å². The highest BCUT2D eigenvalue weighted by Gasteiger charge is 2.16. The molecular weight excluding hydrogens is 112 g/mol. The molecule has 1 saturated carbocycles. The average molecular weight is 122 g/mol. The maximum atomic E-state index is 5.24. The average Bonchev–Trinajstić information content (AvgIpc) is 2.71. The third-order valence-corrected chi connectivity index (χ3v) is 1.74. The third-order valence-electron chi connectivity index (χ3n) is 1.74. The molecule has 0 aromatic rings. The first-order valence-corrected chi connectivity index (χ1v) is 3.42. The third kappa shape index (κ3) is 1.06. The van der Waals surface area contributed by atoms with Crippen LogP contribution in [0.1, 0.15) is 12.8 Å². The van der Waals surface area contributed by atoms with Gasteiger partial charge in [-0.25, -0.2) is 0 Å². The summed E-state index contributed by atoms with van der Waals surface area (Å²) in [5.74, 6) is 0. The topological polar surface area (TPSA) is 9.23 Å². The first-order valence-electron chi connectivity index (χ1n) is 3.42. The molecule has 0 unspecified atom stereocenters. The first-order chi connectivity index (χ1) is 4.47. The van der Waals surface area contributed by atoms with Crippen molar-refractivity contribution in [3.63, 3.8) is 0 Å². The molecule has 1 aliphatic carbocycles. The Hall–Kier alpha value is -0.560. The summed E-state index contributed by atoms with van der Waals surface area (Å²) >= 11 is 0. The molecule has 0 aromatic heterocycles. The van der Waals surface area contributed by atoms with Crippen LogP contribution in [0.2, 0.25) is 0 Å². The lowest BCUT2D eigenvalue weighted by molar-refractivity contribution is 0.182. The molecule has 0 bridgehead atoms. The number of allylic oxidation sites excluding steroid dienone is 1. The second-order valence-corrected chi connectivity index (χ2v) is 2.55. The summed E-state index contributed by atoms with van der Waals surface area (Å²) in [4.78, 5) is 0. The fourth-order valence-electron chi connectivity index (χ4n) is 1.08. The predicted molar refractivity (Wildman–Crippen MR) is 36.2 cm³/mol. The summed E-state index contributed by atoms with van der Waals surface area (Å²) < 4.78 is 5.24. The molecule has 1 nitrogen and oxygen atoms in total. The summed E-state index contributed by atoms with van der Waals surface area (Å²) in [5, 5.41) is 0. The van der Waals surface area contributed by atoms with Crippen molar-refractivity contribution in [1.82, 2.24) is 0 Å². The Labute approximate surface area is 55.0 Å². The molecule has 0 aromatic carbocycles. The highest BCUT2D eigenvalue weighted by Crippen LogP contribution is 2.32. The maximum absolute atomic E-state index is 5.24. The van der Waals surface area contributed by atoms with Crippen molar-refractivity contribution in [3.05, 3.63) is 23.3 Å². The monoisotopic (exact) mass is 122 g/mol. The lowest BCUT2D eigenvalue weighted by Gasteiger charge is -2.06. The van der Waals surface area contributed by atoms with Gasteiger partial charge in [0.2, 0.25) is 0 Å². The van der Waals surface area contributed by atoms with E-state index in [0.29, 0.717) is 0 Å². The molecule has 0 atom stereocenters. The van der Waals surface area contributed by atoms with E-state index in [1.165, 1.54) is 18.4 Å². The van der Waals surface area contributed by atoms with Crippen LogP contribution in [0.25, 0.3) is 0 Å². The van der Waals surface area contributed by atoms with Crippen molar-refractivity contribution < 1.29 is 4.74 Å². The zero-order valence-corrected chi connectivity index (χ0v) is 5.39. The van der Waals surface area contributed by atoms with Gasteiger partial charge in [-0.3, -0.25) is 0 Å². The Balaban J connectivity index is 2.19. The van der Waals surface area contributed by atoms with E-state index in [1.807, 2.05) is 0 Å². The molecule has 2 rings (SSSR count). The molecule has 0 radical (unpaired) electrons. The van der Waals surface area contributed by atoms with Gasteiger partial charge in [0.05, 0.1) is 13.2 Å². The summed E-state index contributed by atoms with van der Waals surface area (Å²) in [5.41, 5.74) is 3.03. The molecule has 48 valence electrons. The van der Waals surface area contributed by atoms with Crippen molar-refractivity contribution in [2.24, 2.45) is 0 Å². The molecule has 2 aliphatic rings. The van der Waals surface area contributed by atoms with E-state index in [0.717, 1.165) is 13.2 Å². The Bertz CT molecular complexity index is 171. The Morgan fingerprint density at radius 1 is 1.33 bits per heavy atom. The SMILES string of the molecule is C1=CC(=C2CC2)COC1. The van der Waals surface area contributed by atoms with Gasteiger partial charge in [0.25, 0.3) is 0 Å². The van der Waals surface area contributed by atoms with Gasteiger partial charge in [-0.1, -0.05) is 17.7 Å². The molecule has 1 heteroatoms. The minimum atomic E-state index is 0.802. The summed E-state index contributed by atoms with van der Waals surface area (Å²) in [7, 11) is 0. The highest BCUT2D eigenvalue weighted by molar-refractivity contribution is 5.34. The molecule has 0 spiro atoms. The van der Waals surface area contributed by atoms with E-state index < -0.39 is 0 Å². The van der Waals surface area contributed by atoms with Crippen molar-refractivity contribution in [3.8, 4) is 0 Å². The van der Waals surface area contributed by atoms with Gasteiger partial charge >= 0.3 is 0 Å². The maximum Gasteiger partial charge on any atom is 0.0720 e. The summed E-state index contributed by atoms with van der Waals surface area (Å²) in [6.07, 6.45) is 6.90. The number of rotatable bonds is 0. The summed E-state index contributed by atoms with van der Waals surface area (Å²) in [6.45, 7) is 1.66. The molecule has 1 aliphatic heterocycles. The van der Waals surface area contributed by atoms with Gasteiger partial charge in [-0.2, -0.15) is 0 Å². The second-order valence-electron chi connectivity index (χ2n) is 2.55. The van der Waals surface area contributed by atoms with E-state index >= 15 is 0 Å². The largest absolute Gasteiger partial charge is 0.373 e. The van der Waals surface area contributed by atoms with E-state index in [4.69, 9.17) is 4.74 Å². The molecule has 0 saturated heterocycles. The van der Waals surface area contributed by atoms with Gasteiger partial charge in [0.15, 0.2) is 0 Å². The standard InChI is InChI=1S/C8H10O/c1-2-8(6-9-5-1)7-3-4-7/h1-2H,3-6H2. The van der Waals surface area contributed by atoms with Crippen molar-refractivity contribution in [1.29, 1.82) is 0 Å². The Morgan fingerprint density at radius 3 is 2.78 bits per heavy atom. The number of hydrogen-bond acceptors (Lipinski definition) is 1. The highest BCUT2D eigenvalue weighted by atomic mass is 16.5. The molecule has 0 amide bonds. The minimum absolute atomic E-state index is 0.802. The van der Waals surface area contributed by atoms with Gasteiger partial charge in [-0.05, 0) is 18.4 Å². The van der Waals surface area contributed by atoms with Crippen LogP contribution in [0.15, 0.2) is 23.3 Å². The van der Waals surface area contributed by atoms with E-state index in [-0.39, 0.29) is 0 Å². The molecule has 1 heterocycles. The van der Waals surface area contributed by atoms with Gasteiger partial charge in [0, 0.05) is 0 Å². The smallest absolute Gasteiger partial charge is 0.0720 e. The van der Waals surface area contributed by atoms with Crippen LogP contribution in [0.3, 0.4) is 0 Å². The van der Waals surface area contributed by atoms with Crippen LogP contribution in [-0.4, -0.2) is 13.2 Å². The molecule has 0 N–H and O–H groups in total. The van der Waals surface area contributed by atoms with Crippen molar-refractivity contribution in [2.45, 2.75) is 12.8 Å². The van der Waals surface area contributed by atoms with Crippen LogP contribution >= 0.6 is 0 Å². The fraction of sp³-hybridized carbons (Fsp3) is 0.500. The Morgan fingerprint density at radius 2 is 2.22 bits per heavy atom. The lowest BCUT2D eigenvalue weighted by atomic mass is 10.2. The fourth-order valence-corrected chi connectivity index (χ4v) is 1.08. The molecule has 9 heavy (non-hydrogen) atoms. The lowest BCUT2D eigenvalue weighted by Crippen LogP contribution is -2.01. The zero-order valence-electron chi connectivity index (χ0n) is 5.39.